The Morgan fingerprint density at radius 2 is 1.93 bits per heavy atom. The fraction of sp³-hybridized carbons (Fsp3) is 0.478. The van der Waals surface area contributed by atoms with Crippen molar-refractivity contribution in [2.45, 2.75) is 66.7 Å². The maximum atomic E-state index is 12.9. The molecule has 0 aliphatic heterocycles. The van der Waals surface area contributed by atoms with Gasteiger partial charge in [0.1, 0.15) is 11.6 Å². The van der Waals surface area contributed by atoms with Crippen molar-refractivity contribution in [3.8, 4) is 17.4 Å². The number of aryl methyl sites for hydroxylation is 3. The molecule has 0 aliphatic carbocycles. The van der Waals surface area contributed by atoms with E-state index in [1.54, 1.807) is 10.7 Å². The molecule has 160 valence electrons. The smallest absolute Gasteiger partial charge is 0.228 e. The van der Waals surface area contributed by atoms with E-state index in [-0.39, 0.29) is 11.8 Å². The molecule has 0 spiro atoms. The Bertz CT molecular complexity index is 1000. The maximum Gasteiger partial charge on any atom is 0.228 e. The summed E-state index contributed by atoms with van der Waals surface area (Å²) in [6, 6.07) is 7.45. The van der Waals surface area contributed by atoms with Gasteiger partial charge in [0, 0.05) is 17.7 Å². The van der Waals surface area contributed by atoms with E-state index in [1.807, 2.05) is 39.0 Å². The number of amides is 1. The second kappa shape index (κ2) is 9.69. The third-order valence-electron chi connectivity index (χ3n) is 5.17. The van der Waals surface area contributed by atoms with Gasteiger partial charge in [0.25, 0.3) is 0 Å². The average molecular weight is 410 g/mol. The van der Waals surface area contributed by atoms with Crippen molar-refractivity contribution in [3.05, 3.63) is 41.4 Å². The number of aromatic nitrogens is 4. The van der Waals surface area contributed by atoms with Crippen LogP contribution >= 0.6 is 0 Å². The van der Waals surface area contributed by atoms with E-state index < -0.39 is 0 Å². The molecule has 3 aromatic rings. The average Bonchev–Trinajstić information content (AvgIpc) is 3.29. The van der Waals surface area contributed by atoms with Crippen molar-refractivity contribution in [1.82, 2.24) is 19.7 Å². The van der Waals surface area contributed by atoms with Crippen LogP contribution in [0.1, 0.15) is 63.1 Å². The fourth-order valence-electron chi connectivity index (χ4n) is 3.52. The lowest BCUT2D eigenvalue weighted by molar-refractivity contribution is -0.120. The molecule has 1 N–H and O–H groups in total. The second-order valence-electron chi connectivity index (χ2n) is 7.77. The highest BCUT2D eigenvalue weighted by Crippen LogP contribution is 2.24. The topological polar surface area (TPSA) is 85.8 Å². The van der Waals surface area contributed by atoms with Crippen molar-refractivity contribution < 1.29 is 9.21 Å². The van der Waals surface area contributed by atoms with Gasteiger partial charge in [-0.25, -0.2) is 14.6 Å². The molecule has 0 unspecified atom stereocenters. The van der Waals surface area contributed by atoms with E-state index in [4.69, 9.17) is 4.42 Å². The van der Waals surface area contributed by atoms with E-state index >= 15 is 0 Å². The first kappa shape index (κ1) is 21.7. The summed E-state index contributed by atoms with van der Waals surface area (Å²) in [7, 11) is 0. The van der Waals surface area contributed by atoms with Gasteiger partial charge < -0.3 is 9.73 Å². The van der Waals surface area contributed by atoms with Gasteiger partial charge in [0.15, 0.2) is 17.4 Å². The lowest BCUT2D eigenvalue weighted by atomic mass is 9.98. The van der Waals surface area contributed by atoms with Crippen LogP contribution in [0, 0.1) is 26.7 Å². The molecule has 0 bridgehead atoms. The van der Waals surface area contributed by atoms with Gasteiger partial charge in [-0.05, 0) is 51.8 Å². The predicted octanol–water partition coefficient (Wildman–Crippen LogP) is 5.39. The molecule has 30 heavy (non-hydrogen) atoms. The van der Waals surface area contributed by atoms with E-state index in [9.17, 15) is 4.79 Å². The molecule has 3 heterocycles. The molecule has 0 saturated carbocycles. The van der Waals surface area contributed by atoms with Gasteiger partial charge in [-0.3, -0.25) is 4.79 Å². The van der Waals surface area contributed by atoms with Crippen molar-refractivity contribution in [2.24, 2.45) is 5.92 Å². The minimum Gasteiger partial charge on any atom is -0.458 e. The first-order valence-electron chi connectivity index (χ1n) is 10.7. The molecular weight excluding hydrogens is 378 g/mol. The Kier molecular flexibility index (Phi) is 7.03. The minimum absolute atomic E-state index is 0.00630. The largest absolute Gasteiger partial charge is 0.458 e. The maximum absolute atomic E-state index is 12.9. The highest BCUT2D eigenvalue weighted by Gasteiger charge is 2.19. The zero-order valence-corrected chi connectivity index (χ0v) is 18.5. The summed E-state index contributed by atoms with van der Waals surface area (Å²) in [6.07, 6.45) is 5.02. The number of nitrogens with zero attached hydrogens (tertiary/aromatic N) is 4. The van der Waals surface area contributed by atoms with Gasteiger partial charge in [0.2, 0.25) is 5.91 Å². The van der Waals surface area contributed by atoms with E-state index in [1.165, 1.54) is 0 Å². The molecule has 7 nitrogen and oxygen atoms in total. The Hall–Kier alpha value is -2.96. The van der Waals surface area contributed by atoms with Crippen molar-refractivity contribution >= 4 is 11.7 Å². The lowest BCUT2D eigenvalue weighted by Crippen LogP contribution is -2.23. The monoisotopic (exact) mass is 409 g/mol. The van der Waals surface area contributed by atoms with Crippen LogP contribution in [0.15, 0.2) is 28.7 Å². The summed E-state index contributed by atoms with van der Waals surface area (Å²) in [4.78, 5) is 22.1. The first-order chi connectivity index (χ1) is 14.4. The lowest BCUT2D eigenvalue weighted by Gasteiger charge is -2.15. The summed E-state index contributed by atoms with van der Waals surface area (Å²) in [6.45, 7) is 10.00. The number of furan rings is 1. The predicted molar refractivity (Wildman–Crippen MR) is 118 cm³/mol. The number of hydrogen-bond acceptors (Lipinski definition) is 5. The van der Waals surface area contributed by atoms with Gasteiger partial charge in [0.05, 0.1) is 5.69 Å². The molecule has 1 atom stereocenters. The zero-order chi connectivity index (χ0) is 21.7. The summed E-state index contributed by atoms with van der Waals surface area (Å²) in [5.41, 5.74) is 1.85. The van der Waals surface area contributed by atoms with Crippen molar-refractivity contribution in [1.29, 1.82) is 0 Å². The molecule has 0 saturated heterocycles. The number of unbranched alkanes of at least 4 members (excludes halogenated alkanes) is 2. The fourth-order valence-corrected chi connectivity index (χ4v) is 3.52. The van der Waals surface area contributed by atoms with Crippen LogP contribution in [0.4, 0.5) is 5.82 Å². The molecule has 7 heteroatoms. The third-order valence-corrected chi connectivity index (χ3v) is 5.17. The number of carbonyl (C=O) groups excluding carboxylic acids is 1. The number of rotatable bonds is 9. The molecule has 0 aromatic carbocycles. The molecule has 3 rings (SSSR count). The Morgan fingerprint density at radius 3 is 2.53 bits per heavy atom. The molecule has 1 amide bonds. The molecule has 0 radical (unpaired) electrons. The molecule has 3 aromatic heterocycles. The highest BCUT2D eigenvalue weighted by atomic mass is 16.3. The van der Waals surface area contributed by atoms with E-state index in [2.05, 4.69) is 34.2 Å². The normalized spacial score (nSPS) is 12.2. The Balaban J connectivity index is 1.94. The second-order valence-corrected chi connectivity index (χ2v) is 7.77. The summed E-state index contributed by atoms with van der Waals surface area (Å²) < 4.78 is 7.48. The zero-order valence-electron chi connectivity index (χ0n) is 18.5. The highest BCUT2D eigenvalue weighted by molar-refractivity contribution is 5.92. The summed E-state index contributed by atoms with van der Waals surface area (Å²) >= 11 is 0. The van der Waals surface area contributed by atoms with Crippen LogP contribution in [-0.4, -0.2) is 25.7 Å². The Morgan fingerprint density at radius 1 is 1.13 bits per heavy atom. The summed E-state index contributed by atoms with van der Waals surface area (Å²) in [5, 5.41) is 7.53. The van der Waals surface area contributed by atoms with Crippen LogP contribution in [0.5, 0.6) is 0 Å². The number of nitrogens with one attached hydrogen (secondary N) is 1. The minimum atomic E-state index is -0.0297. The van der Waals surface area contributed by atoms with Crippen LogP contribution in [0.3, 0.4) is 0 Å². The number of carbonyl (C=O) groups is 1. The Labute approximate surface area is 177 Å². The summed E-state index contributed by atoms with van der Waals surface area (Å²) in [5.74, 6) is 2.76. The van der Waals surface area contributed by atoms with Gasteiger partial charge in [-0.15, -0.1) is 0 Å². The van der Waals surface area contributed by atoms with Crippen LogP contribution in [0.2, 0.25) is 0 Å². The molecule has 0 aliphatic rings. The van der Waals surface area contributed by atoms with Crippen molar-refractivity contribution in [2.75, 3.05) is 5.32 Å². The molecule has 0 fully saturated rings. The van der Waals surface area contributed by atoms with Gasteiger partial charge >= 0.3 is 0 Å². The van der Waals surface area contributed by atoms with E-state index in [0.717, 1.165) is 49.3 Å². The first-order valence-corrected chi connectivity index (χ1v) is 10.7. The number of hydrogen-bond donors (Lipinski definition) is 1. The molecular formula is C23H31N5O2. The van der Waals surface area contributed by atoms with Crippen molar-refractivity contribution in [3.63, 3.8) is 0 Å². The third kappa shape index (κ3) is 5.14. The van der Waals surface area contributed by atoms with Crippen LogP contribution < -0.4 is 5.32 Å². The van der Waals surface area contributed by atoms with Gasteiger partial charge in [-0.1, -0.05) is 33.1 Å². The number of anilines is 1. The quantitative estimate of drug-likeness (QED) is 0.479. The SMILES string of the molecule is CCCCC[C@@H](CC)C(=O)Nc1cc(-n2nc(C)cc2C)nc(-c2ccc(C)o2)n1. The van der Waals surface area contributed by atoms with Crippen LogP contribution in [-0.2, 0) is 4.79 Å². The van der Waals surface area contributed by atoms with Crippen LogP contribution in [0.25, 0.3) is 17.4 Å². The van der Waals surface area contributed by atoms with Gasteiger partial charge in [-0.2, -0.15) is 5.10 Å². The standard InChI is InChI=1S/C23H31N5O2/c1-6-8-9-10-18(7-2)23(29)25-20-14-21(28-16(4)13-15(3)27-28)26-22(24-20)19-12-11-17(5)30-19/h11-14,18H,6-10H2,1-5H3,(H,24,25,26,29)/t18-/m1/s1. The van der Waals surface area contributed by atoms with E-state index in [0.29, 0.717) is 23.2 Å².